The molecule has 0 aromatic heterocycles. The molecule has 0 rings (SSSR count). The first-order valence-corrected chi connectivity index (χ1v) is 30.1. The fourth-order valence-corrected chi connectivity index (χ4v) is 8.34. The van der Waals surface area contributed by atoms with Crippen molar-refractivity contribution in [1.82, 2.24) is 0 Å². The second-order valence-corrected chi connectivity index (χ2v) is 19.9. The highest BCUT2D eigenvalue weighted by Crippen LogP contribution is 2.15. The Morgan fingerprint density at radius 1 is 0.296 bits per heavy atom. The maximum absolute atomic E-state index is 12.9. The molecule has 0 fully saturated rings. The Hall–Kier alpha value is -3.41. The molecule has 6 nitrogen and oxygen atoms in total. The summed E-state index contributed by atoms with van der Waals surface area (Å²) < 4.78 is 16.9. The van der Waals surface area contributed by atoms with Crippen LogP contribution in [0.25, 0.3) is 0 Å². The molecule has 0 amide bonds. The van der Waals surface area contributed by atoms with Gasteiger partial charge < -0.3 is 14.2 Å². The van der Waals surface area contributed by atoms with Crippen LogP contribution in [0.2, 0.25) is 0 Å². The molecule has 71 heavy (non-hydrogen) atoms. The van der Waals surface area contributed by atoms with E-state index < -0.39 is 6.10 Å². The Morgan fingerprint density at radius 2 is 0.549 bits per heavy atom. The minimum absolute atomic E-state index is 0.0856. The number of esters is 3. The summed E-state index contributed by atoms with van der Waals surface area (Å²) in [5, 5.41) is 0. The molecule has 1 atom stereocenters. The molecule has 0 aromatic rings. The Morgan fingerprint density at radius 3 is 0.859 bits per heavy atom. The van der Waals surface area contributed by atoms with Crippen LogP contribution in [0, 0.1) is 0 Å². The minimum atomic E-state index is -0.789. The lowest BCUT2D eigenvalue weighted by atomic mass is 10.1. The number of ether oxygens (including phenoxy) is 3. The second kappa shape index (κ2) is 59.2. The molecule has 0 spiro atoms. The lowest BCUT2D eigenvalue weighted by molar-refractivity contribution is -0.167. The predicted octanol–water partition coefficient (Wildman–Crippen LogP) is 20.3. The van der Waals surface area contributed by atoms with Gasteiger partial charge in [-0.15, -0.1) is 0 Å². The molecule has 0 bridgehead atoms. The summed E-state index contributed by atoms with van der Waals surface area (Å²) in [5.74, 6) is -0.903. The van der Waals surface area contributed by atoms with Crippen LogP contribution in [-0.4, -0.2) is 37.2 Å². The fraction of sp³-hybridized carbons (Fsp3) is 0.738. The summed E-state index contributed by atoms with van der Waals surface area (Å²) in [7, 11) is 0. The molecule has 0 aliphatic rings. The molecule has 0 N–H and O–H groups in total. The number of carbonyl (C=O) groups excluding carboxylic acids is 3. The third-order valence-corrected chi connectivity index (χ3v) is 12.9. The van der Waals surface area contributed by atoms with Crippen LogP contribution in [0.1, 0.15) is 290 Å². The van der Waals surface area contributed by atoms with E-state index in [-0.39, 0.29) is 31.1 Å². The average molecular weight is 990 g/mol. The van der Waals surface area contributed by atoms with E-state index in [4.69, 9.17) is 14.2 Å². The van der Waals surface area contributed by atoms with Crippen molar-refractivity contribution < 1.29 is 28.6 Å². The number of allylic oxidation sites excluding steroid dienone is 14. The van der Waals surface area contributed by atoms with Crippen LogP contribution >= 0.6 is 0 Å². The van der Waals surface area contributed by atoms with Gasteiger partial charge >= 0.3 is 17.9 Å². The predicted molar refractivity (Wildman–Crippen MR) is 307 cm³/mol. The van der Waals surface area contributed by atoms with Gasteiger partial charge in [0.25, 0.3) is 0 Å². The number of hydrogen-bond acceptors (Lipinski definition) is 6. The van der Waals surface area contributed by atoms with Gasteiger partial charge in [-0.05, 0) is 116 Å². The monoisotopic (exact) mass is 989 g/mol. The summed E-state index contributed by atoms with van der Waals surface area (Å²) in [4.78, 5) is 38.2. The summed E-state index contributed by atoms with van der Waals surface area (Å²) in [5.41, 5.74) is 0. The summed E-state index contributed by atoms with van der Waals surface area (Å²) in [6.45, 7) is 6.48. The van der Waals surface area contributed by atoms with Crippen molar-refractivity contribution in [3.8, 4) is 0 Å². The Bertz CT molecular complexity index is 1370. The molecule has 0 saturated heterocycles. The smallest absolute Gasteiger partial charge is 0.306 e. The van der Waals surface area contributed by atoms with Crippen LogP contribution in [-0.2, 0) is 28.6 Å². The summed E-state index contributed by atoms with van der Waals surface area (Å²) in [6, 6.07) is 0. The van der Waals surface area contributed by atoms with Gasteiger partial charge in [-0.1, -0.05) is 241 Å². The molecule has 0 radical (unpaired) electrons. The zero-order valence-electron chi connectivity index (χ0n) is 46.7. The minimum Gasteiger partial charge on any atom is -0.462 e. The van der Waals surface area contributed by atoms with Crippen LogP contribution < -0.4 is 0 Å². The van der Waals surface area contributed by atoms with Crippen molar-refractivity contribution in [2.24, 2.45) is 0 Å². The van der Waals surface area contributed by atoms with E-state index in [0.717, 1.165) is 109 Å². The van der Waals surface area contributed by atoms with Gasteiger partial charge in [-0.2, -0.15) is 0 Å². The van der Waals surface area contributed by atoms with Gasteiger partial charge in [0.15, 0.2) is 6.10 Å². The first-order chi connectivity index (χ1) is 35.0. The standard InChI is InChI=1S/C65H112O6/c1-4-7-10-13-16-19-22-25-28-30-32-34-37-40-43-46-49-52-55-58-64(67)70-61-62(60-69-63(66)57-54-51-48-45-42-39-36-27-24-21-18-15-12-9-6-3)71-65(68)59-56-53-50-47-44-41-38-35-33-31-29-26-23-20-17-14-11-8-5-2/h9,12,16-21,25-29,36,62H,4-8,10-11,13-15,22-24,30-35,37-61H2,1-3H3/b12-9+,19-16+,20-17+,21-18+,28-25+,29-26+,36-27+/t62-/m1/s1. The third-order valence-electron chi connectivity index (χ3n) is 12.9. The van der Waals surface area contributed by atoms with Crippen LogP contribution in [0.15, 0.2) is 85.1 Å². The van der Waals surface area contributed by atoms with E-state index >= 15 is 0 Å². The highest BCUT2D eigenvalue weighted by molar-refractivity contribution is 5.71. The van der Waals surface area contributed by atoms with Gasteiger partial charge in [0.1, 0.15) is 13.2 Å². The Kier molecular flexibility index (Phi) is 56.3. The quantitative estimate of drug-likeness (QED) is 0.0261. The number of carbonyl (C=O) groups is 3. The van der Waals surface area contributed by atoms with E-state index in [1.165, 1.54) is 141 Å². The van der Waals surface area contributed by atoms with Crippen LogP contribution in [0.4, 0.5) is 0 Å². The van der Waals surface area contributed by atoms with Crippen molar-refractivity contribution >= 4 is 17.9 Å². The third kappa shape index (κ3) is 57.4. The van der Waals surface area contributed by atoms with E-state index in [2.05, 4.69) is 106 Å². The van der Waals surface area contributed by atoms with Crippen LogP contribution in [0.5, 0.6) is 0 Å². The molecule has 6 heteroatoms. The Labute approximate surface area is 439 Å². The van der Waals surface area contributed by atoms with Gasteiger partial charge in [0.05, 0.1) is 0 Å². The summed E-state index contributed by atoms with van der Waals surface area (Å²) >= 11 is 0. The molecular weight excluding hydrogens is 877 g/mol. The van der Waals surface area contributed by atoms with E-state index in [1.54, 1.807) is 0 Å². The summed E-state index contributed by atoms with van der Waals surface area (Å²) in [6.07, 6.45) is 77.1. The van der Waals surface area contributed by atoms with Gasteiger partial charge in [0.2, 0.25) is 0 Å². The first-order valence-electron chi connectivity index (χ1n) is 30.1. The fourth-order valence-electron chi connectivity index (χ4n) is 8.34. The highest BCUT2D eigenvalue weighted by atomic mass is 16.6. The van der Waals surface area contributed by atoms with Crippen molar-refractivity contribution in [2.45, 2.75) is 297 Å². The normalized spacial score (nSPS) is 12.7. The van der Waals surface area contributed by atoms with E-state index in [1.807, 2.05) is 0 Å². The molecular formula is C65H112O6. The van der Waals surface area contributed by atoms with Crippen molar-refractivity contribution in [2.75, 3.05) is 13.2 Å². The Balaban J connectivity index is 4.40. The zero-order chi connectivity index (χ0) is 51.4. The number of unbranched alkanes of at least 4 members (excludes halogenated alkanes) is 29. The second-order valence-electron chi connectivity index (χ2n) is 19.9. The van der Waals surface area contributed by atoms with Crippen molar-refractivity contribution in [3.63, 3.8) is 0 Å². The van der Waals surface area contributed by atoms with Gasteiger partial charge in [-0.25, -0.2) is 0 Å². The maximum atomic E-state index is 12.9. The molecule has 0 unspecified atom stereocenters. The molecule has 0 saturated carbocycles. The topological polar surface area (TPSA) is 78.9 Å². The van der Waals surface area contributed by atoms with E-state index in [9.17, 15) is 14.4 Å². The number of hydrogen-bond donors (Lipinski definition) is 0. The van der Waals surface area contributed by atoms with Gasteiger partial charge in [-0.3, -0.25) is 14.4 Å². The molecule has 0 aromatic carbocycles. The highest BCUT2D eigenvalue weighted by Gasteiger charge is 2.19. The molecule has 0 aliphatic heterocycles. The first kappa shape index (κ1) is 67.6. The lowest BCUT2D eigenvalue weighted by Crippen LogP contribution is -2.30. The number of rotatable bonds is 54. The maximum Gasteiger partial charge on any atom is 0.306 e. The molecule has 0 aliphatic carbocycles. The average Bonchev–Trinajstić information content (AvgIpc) is 3.37. The molecule has 0 heterocycles. The lowest BCUT2D eigenvalue weighted by Gasteiger charge is -2.18. The van der Waals surface area contributed by atoms with Crippen molar-refractivity contribution in [3.05, 3.63) is 85.1 Å². The molecule has 408 valence electrons. The van der Waals surface area contributed by atoms with Gasteiger partial charge in [0, 0.05) is 19.3 Å². The largest absolute Gasteiger partial charge is 0.462 e. The van der Waals surface area contributed by atoms with E-state index in [0.29, 0.717) is 19.3 Å². The van der Waals surface area contributed by atoms with Crippen LogP contribution in [0.3, 0.4) is 0 Å². The zero-order valence-corrected chi connectivity index (χ0v) is 46.7. The SMILES string of the molecule is CC/C=C/C/C=C/C/C=C/CCCCCCCC(=O)OC[C@H](COC(=O)CCCCCCCCCCC/C=C/C/C=C/CCCCC)OC(=O)CCCCCCCCCCC/C=C/C/C=C/CCCCC. The van der Waals surface area contributed by atoms with Crippen molar-refractivity contribution in [1.29, 1.82) is 0 Å².